The van der Waals surface area contributed by atoms with Crippen LogP contribution >= 0.6 is 11.8 Å². The third kappa shape index (κ3) is 5.46. The Kier molecular flexibility index (Phi) is 5.56. The zero-order valence-electron chi connectivity index (χ0n) is 12.5. The Morgan fingerprint density at radius 3 is 2.65 bits per heavy atom. The summed E-state index contributed by atoms with van der Waals surface area (Å²) in [6.07, 6.45) is -1.30. The predicted octanol–water partition coefficient (Wildman–Crippen LogP) is 3.04. The number of hydrogen-bond acceptors (Lipinski definition) is 3. The van der Waals surface area contributed by atoms with Gasteiger partial charge in [0.15, 0.2) is 0 Å². The molecule has 23 heavy (non-hydrogen) atoms. The van der Waals surface area contributed by atoms with Gasteiger partial charge in [0.1, 0.15) is 6.54 Å². The lowest BCUT2D eigenvalue weighted by Gasteiger charge is -2.13. The SMILES string of the molecule is CC(Sc1ccc2c(c1)CCC2)C(=O)NC(=O)NCC(F)(F)F. The van der Waals surface area contributed by atoms with Crippen molar-refractivity contribution in [1.82, 2.24) is 10.6 Å². The highest BCUT2D eigenvalue weighted by Crippen LogP contribution is 2.29. The Hall–Kier alpha value is -1.70. The van der Waals surface area contributed by atoms with Crippen LogP contribution in [-0.4, -0.2) is 29.9 Å². The first-order valence-electron chi connectivity index (χ1n) is 7.18. The first-order valence-corrected chi connectivity index (χ1v) is 8.06. The van der Waals surface area contributed by atoms with Crippen molar-refractivity contribution in [1.29, 1.82) is 0 Å². The Balaban J connectivity index is 1.84. The molecule has 2 N–H and O–H groups in total. The fraction of sp³-hybridized carbons (Fsp3) is 0.467. The van der Waals surface area contributed by atoms with Crippen LogP contribution < -0.4 is 10.6 Å². The molecule has 8 heteroatoms. The summed E-state index contributed by atoms with van der Waals surface area (Å²) in [7, 11) is 0. The summed E-state index contributed by atoms with van der Waals surface area (Å²) >= 11 is 1.27. The number of carbonyl (C=O) groups excluding carboxylic acids is 2. The number of hydrogen-bond donors (Lipinski definition) is 2. The number of rotatable bonds is 4. The lowest BCUT2D eigenvalue weighted by Crippen LogP contribution is -2.45. The first-order chi connectivity index (χ1) is 10.7. The normalized spacial score (nSPS) is 15.0. The van der Waals surface area contributed by atoms with Gasteiger partial charge in [-0.05, 0) is 49.4 Å². The second-order valence-corrected chi connectivity index (χ2v) is 6.75. The van der Waals surface area contributed by atoms with Crippen LogP contribution in [0.2, 0.25) is 0 Å². The van der Waals surface area contributed by atoms with E-state index in [0.29, 0.717) is 0 Å². The second kappa shape index (κ2) is 7.25. The van der Waals surface area contributed by atoms with Crippen molar-refractivity contribution < 1.29 is 22.8 Å². The minimum atomic E-state index is -4.51. The molecule has 1 aliphatic rings. The summed E-state index contributed by atoms with van der Waals surface area (Å²) in [5.41, 5.74) is 2.59. The number of nitrogens with one attached hydrogen (secondary N) is 2. The minimum Gasteiger partial charge on any atom is -0.329 e. The van der Waals surface area contributed by atoms with Crippen molar-refractivity contribution in [3.8, 4) is 0 Å². The van der Waals surface area contributed by atoms with E-state index in [0.717, 1.165) is 24.2 Å². The standard InChI is InChI=1S/C15H17F3N2O2S/c1-9(13(21)20-14(22)19-8-15(16,17)18)23-12-6-5-10-3-2-4-11(10)7-12/h5-7,9H,2-4,8H2,1H3,(H2,19,20,21,22). The summed E-state index contributed by atoms with van der Waals surface area (Å²) in [4.78, 5) is 24.0. The highest BCUT2D eigenvalue weighted by Gasteiger charge is 2.28. The van der Waals surface area contributed by atoms with Crippen molar-refractivity contribution in [3.63, 3.8) is 0 Å². The Morgan fingerprint density at radius 2 is 1.96 bits per heavy atom. The highest BCUT2D eigenvalue weighted by molar-refractivity contribution is 8.00. The van der Waals surface area contributed by atoms with E-state index in [1.165, 1.54) is 22.9 Å². The van der Waals surface area contributed by atoms with Crippen LogP contribution in [0.5, 0.6) is 0 Å². The van der Waals surface area contributed by atoms with Crippen molar-refractivity contribution in [2.75, 3.05) is 6.54 Å². The predicted molar refractivity (Wildman–Crippen MR) is 81.4 cm³/mol. The molecule has 0 bridgehead atoms. The summed E-state index contributed by atoms with van der Waals surface area (Å²) in [6.45, 7) is 0.128. The largest absolute Gasteiger partial charge is 0.405 e. The molecule has 4 nitrogen and oxygen atoms in total. The molecular weight excluding hydrogens is 329 g/mol. The van der Waals surface area contributed by atoms with Gasteiger partial charge in [0, 0.05) is 4.90 Å². The number of thioether (sulfide) groups is 1. The van der Waals surface area contributed by atoms with Gasteiger partial charge in [-0.15, -0.1) is 11.8 Å². The number of alkyl halides is 3. The molecule has 1 aromatic carbocycles. The van der Waals surface area contributed by atoms with Crippen molar-refractivity contribution in [2.24, 2.45) is 0 Å². The molecule has 1 aliphatic carbocycles. The van der Waals surface area contributed by atoms with Crippen molar-refractivity contribution in [2.45, 2.75) is 42.5 Å². The molecule has 126 valence electrons. The average molecular weight is 346 g/mol. The molecule has 1 atom stereocenters. The van der Waals surface area contributed by atoms with E-state index in [9.17, 15) is 22.8 Å². The quantitative estimate of drug-likeness (QED) is 0.824. The number of fused-ring (bicyclic) bond motifs is 1. The molecule has 0 aromatic heterocycles. The molecule has 2 rings (SSSR count). The number of halogens is 3. The minimum absolute atomic E-state index is 0.592. The van der Waals surface area contributed by atoms with E-state index in [-0.39, 0.29) is 0 Å². The van der Waals surface area contributed by atoms with Crippen LogP contribution in [0, 0.1) is 0 Å². The van der Waals surface area contributed by atoms with Gasteiger partial charge in [-0.25, -0.2) is 4.79 Å². The molecule has 0 radical (unpaired) electrons. The van der Waals surface area contributed by atoms with Crippen molar-refractivity contribution >= 4 is 23.7 Å². The molecule has 3 amide bonds. The van der Waals surface area contributed by atoms with Crippen LogP contribution in [0.1, 0.15) is 24.5 Å². The van der Waals surface area contributed by atoms with E-state index >= 15 is 0 Å². The zero-order valence-corrected chi connectivity index (χ0v) is 13.3. The van der Waals surface area contributed by atoms with Gasteiger partial charge in [0.2, 0.25) is 5.91 Å². The summed E-state index contributed by atoms with van der Waals surface area (Å²) in [5.74, 6) is -0.629. The van der Waals surface area contributed by atoms with Gasteiger partial charge in [-0.2, -0.15) is 13.2 Å². The Bertz CT molecular complexity index is 605. The third-order valence-electron chi connectivity index (χ3n) is 3.44. The fourth-order valence-electron chi connectivity index (χ4n) is 2.32. The van der Waals surface area contributed by atoms with E-state index in [1.807, 2.05) is 23.5 Å². The number of imide groups is 1. The molecule has 1 aromatic rings. The summed E-state index contributed by atoms with van der Waals surface area (Å²) < 4.78 is 35.9. The number of amides is 3. The number of aryl methyl sites for hydroxylation is 2. The van der Waals surface area contributed by atoms with Crippen LogP contribution in [0.15, 0.2) is 23.1 Å². The fourth-order valence-corrected chi connectivity index (χ4v) is 3.25. The molecule has 0 spiro atoms. The topological polar surface area (TPSA) is 58.2 Å². The summed E-state index contributed by atoms with van der Waals surface area (Å²) in [5, 5.41) is 2.92. The first kappa shape index (κ1) is 17.7. The molecule has 0 saturated carbocycles. The average Bonchev–Trinajstić information content (AvgIpc) is 2.91. The molecule has 0 heterocycles. The maximum Gasteiger partial charge on any atom is 0.405 e. The molecule has 0 aliphatic heterocycles. The van der Waals surface area contributed by atoms with E-state index in [1.54, 1.807) is 12.2 Å². The summed E-state index contributed by atoms with van der Waals surface area (Å²) in [6, 6.07) is 4.84. The van der Waals surface area contributed by atoms with Crippen molar-refractivity contribution in [3.05, 3.63) is 29.3 Å². The maximum absolute atomic E-state index is 12.0. The van der Waals surface area contributed by atoms with Crippen LogP contribution in [0.25, 0.3) is 0 Å². The van der Waals surface area contributed by atoms with Crippen LogP contribution in [0.4, 0.5) is 18.0 Å². The highest BCUT2D eigenvalue weighted by atomic mass is 32.2. The van der Waals surface area contributed by atoms with Gasteiger partial charge in [0.05, 0.1) is 5.25 Å². The smallest absolute Gasteiger partial charge is 0.329 e. The molecule has 0 fully saturated rings. The van der Waals surface area contributed by atoms with Gasteiger partial charge in [-0.1, -0.05) is 6.07 Å². The third-order valence-corrected chi connectivity index (χ3v) is 4.53. The van der Waals surface area contributed by atoms with Gasteiger partial charge in [-0.3, -0.25) is 10.1 Å². The maximum atomic E-state index is 12.0. The van der Waals surface area contributed by atoms with E-state index < -0.39 is 29.9 Å². The Morgan fingerprint density at radius 1 is 1.26 bits per heavy atom. The van der Waals surface area contributed by atoms with E-state index in [2.05, 4.69) is 0 Å². The molecule has 1 unspecified atom stereocenters. The van der Waals surface area contributed by atoms with Crippen LogP contribution in [-0.2, 0) is 17.6 Å². The Labute approximate surface area is 136 Å². The molecular formula is C15H17F3N2O2S. The number of carbonyl (C=O) groups is 2. The number of benzene rings is 1. The monoisotopic (exact) mass is 346 g/mol. The van der Waals surface area contributed by atoms with Gasteiger partial charge >= 0.3 is 12.2 Å². The second-order valence-electron chi connectivity index (χ2n) is 5.33. The zero-order chi connectivity index (χ0) is 17.0. The van der Waals surface area contributed by atoms with Gasteiger partial charge in [0.25, 0.3) is 0 Å². The van der Waals surface area contributed by atoms with Crippen LogP contribution in [0.3, 0.4) is 0 Å². The van der Waals surface area contributed by atoms with Gasteiger partial charge < -0.3 is 5.32 Å². The van der Waals surface area contributed by atoms with E-state index in [4.69, 9.17) is 0 Å². The lowest BCUT2D eigenvalue weighted by molar-refractivity contribution is -0.124. The molecule has 0 saturated heterocycles. The lowest BCUT2D eigenvalue weighted by atomic mass is 10.1. The number of urea groups is 1.